The summed E-state index contributed by atoms with van der Waals surface area (Å²) in [6.07, 6.45) is 0.742. The summed E-state index contributed by atoms with van der Waals surface area (Å²) >= 11 is 0. The molecule has 0 aliphatic heterocycles. The zero-order valence-corrected chi connectivity index (χ0v) is 8.49. The SMILES string of the molecule is CCc1nc(N)cc(OCCOC)n1. The maximum atomic E-state index is 5.58. The number of hydrogen-bond donors (Lipinski definition) is 1. The molecule has 78 valence electrons. The van der Waals surface area contributed by atoms with Crippen molar-refractivity contribution in [1.82, 2.24) is 9.97 Å². The maximum absolute atomic E-state index is 5.58. The van der Waals surface area contributed by atoms with Crippen molar-refractivity contribution in [2.45, 2.75) is 13.3 Å². The predicted molar refractivity (Wildman–Crippen MR) is 53.2 cm³/mol. The highest BCUT2D eigenvalue weighted by atomic mass is 16.5. The van der Waals surface area contributed by atoms with Crippen LogP contribution in [-0.2, 0) is 11.2 Å². The summed E-state index contributed by atoms with van der Waals surface area (Å²) in [6, 6.07) is 1.61. The highest BCUT2D eigenvalue weighted by Gasteiger charge is 2.01. The van der Waals surface area contributed by atoms with Crippen molar-refractivity contribution in [3.8, 4) is 5.88 Å². The molecule has 0 aliphatic rings. The fraction of sp³-hybridized carbons (Fsp3) is 0.556. The summed E-state index contributed by atoms with van der Waals surface area (Å²) in [5.74, 6) is 1.63. The van der Waals surface area contributed by atoms with Gasteiger partial charge >= 0.3 is 0 Å². The lowest BCUT2D eigenvalue weighted by Gasteiger charge is -2.06. The molecular weight excluding hydrogens is 182 g/mol. The minimum atomic E-state index is 0.435. The molecule has 0 spiro atoms. The van der Waals surface area contributed by atoms with Crippen LogP contribution in [0.2, 0.25) is 0 Å². The third-order valence-electron chi connectivity index (χ3n) is 1.62. The molecule has 0 amide bonds. The van der Waals surface area contributed by atoms with E-state index in [4.69, 9.17) is 15.2 Å². The van der Waals surface area contributed by atoms with Gasteiger partial charge in [0.1, 0.15) is 18.2 Å². The quantitative estimate of drug-likeness (QED) is 0.702. The van der Waals surface area contributed by atoms with E-state index in [1.165, 1.54) is 0 Å². The lowest BCUT2D eigenvalue weighted by molar-refractivity contribution is 0.143. The Bertz CT molecular complexity index is 291. The molecule has 1 rings (SSSR count). The van der Waals surface area contributed by atoms with Crippen LogP contribution >= 0.6 is 0 Å². The number of aryl methyl sites for hydroxylation is 1. The molecule has 0 atom stereocenters. The second-order valence-corrected chi connectivity index (χ2v) is 2.74. The molecule has 1 aromatic rings. The Morgan fingerprint density at radius 3 is 2.79 bits per heavy atom. The lowest BCUT2D eigenvalue weighted by Crippen LogP contribution is -2.07. The summed E-state index contributed by atoms with van der Waals surface area (Å²) in [5, 5.41) is 0. The van der Waals surface area contributed by atoms with Crippen molar-refractivity contribution < 1.29 is 9.47 Å². The van der Waals surface area contributed by atoms with E-state index < -0.39 is 0 Å². The van der Waals surface area contributed by atoms with Crippen molar-refractivity contribution in [2.75, 3.05) is 26.1 Å². The van der Waals surface area contributed by atoms with Gasteiger partial charge < -0.3 is 15.2 Å². The van der Waals surface area contributed by atoms with Gasteiger partial charge in [0.25, 0.3) is 0 Å². The minimum absolute atomic E-state index is 0.435. The number of rotatable bonds is 5. The Morgan fingerprint density at radius 1 is 1.36 bits per heavy atom. The molecule has 1 aromatic heterocycles. The zero-order valence-electron chi connectivity index (χ0n) is 8.49. The third kappa shape index (κ3) is 3.18. The Labute approximate surface area is 83.3 Å². The van der Waals surface area contributed by atoms with E-state index in [0.717, 1.165) is 6.42 Å². The second kappa shape index (κ2) is 5.39. The molecule has 5 heteroatoms. The van der Waals surface area contributed by atoms with Crippen LogP contribution in [0.15, 0.2) is 6.07 Å². The molecule has 0 bridgehead atoms. The molecule has 14 heavy (non-hydrogen) atoms. The van der Waals surface area contributed by atoms with Crippen molar-refractivity contribution >= 4 is 5.82 Å². The summed E-state index contributed by atoms with van der Waals surface area (Å²) in [4.78, 5) is 8.19. The summed E-state index contributed by atoms with van der Waals surface area (Å²) in [7, 11) is 1.62. The molecular formula is C9H15N3O2. The van der Waals surface area contributed by atoms with E-state index >= 15 is 0 Å². The van der Waals surface area contributed by atoms with Crippen LogP contribution in [0.5, 0.6) is 5.88 Å². The molecule has 2 N–H and O–H groups in total. The van der Waals surface area contributed by atoms with Gasteiger partial charge in [0.15, 0.2) is 0 Å². The number of nitrogen functional groups attached to an aromatic ring is 1. The molecule has 1 heterocycles. The normalized spacial score (nSPS) is 10.1. The average molecular weight is 197 g/mol. The van der Waals surface area contributed by atoms with Gasteiger partial charge in [0, 0.05) is 19.6 Å². The summed E-state index contributed by atoms with van der Waals surface area (Å²) < 4.78 is 10.2. The van der Waals surface area contributed by atoms with Crippen LogP contribution in [0, 0.1) is 0 Å². The first-order valence-corrected chi connectivity index (χ1v) is 4.51. The van der Waals surface area contributed by atoms with Crippen LogP contribution in [-0.4, -0.2) is 30.3 Å². The fourth-order valence-corrected chi connectivity index (χ4v) is 0.954. The average Bonchev–Trinajstić information content (AvgIpc) is 2.17. The van der Waals surface area contributed by atoms with Crippen molar-refractivity contribution in [2.24, 2.45) is 0 Å². The van der Waals surface area contributed by atoms with E-state index in [1.807, 2.05) is 6.92 Å². The highest BCUT2D eigenvalue weighted by molar-refractivity contribution is 5.32. The topological polar surface area (TPSA) is 70.3 Å². The lowest BCUT2D eigenvalue weighted by atomic mass is 10.4. The van der Waals surface area contributed by atoms with Crippen LogP contribution in [0.1, 0.15) is 12.7 Å². The molecule has 0 saturated heterocycles. The van der Waals surface area contributed by atoms with Gasteiger partial charge in [-0.3, -0.25) is 0 Å². The van der Waals surface area contributed by atoms with Crippen molar-refractivity contribution in [3.05, 3.63) is 11.9 Å². The van der Waals surface area contributed by atoms with Gasteiger partial charge in [-0.2, -0.15) is 4.98 Å². The van der Waals surface area contributed by atoms with Crippen LogP contribution in [0.4, 0.5) is 5.82 Å². The molecule has 0 aliphatic carbocycles. The molecule has 0 fully saturated rings. The second-order valence-electron chi connectivity index (χ2n) is 2.74. The third-order valence-corrected chi connectivity index (χ3v) is 1.62. The maximum Gasteiger partial charge on any atom is 0.218 e. The smallest absolute Gasteiger partial charge is 0.218 e. The van der Waals surface area contributed by atoms with E-state index in [2.05, 4.69) is 9.97 Å². The molecule has 5 nitrogen and oxygen atoms in total. The molecule has 0 aromatic carbocycles. The number of hydrogen-bond acceptors (Lipinski definition) is 5. The van der Waals surface area contributed by atoms with E-state index in [-0.39, 0.29) is 0 Å². The van der Waals surface area contributed by atoms with Gasteiger partial charge in [-0.1, -0.05) is 6.92 Å². The zero-order chi connectivity index (χ0) is 10.4. The number of nitrogens with two attached hydrogens (primary N) is 1. The predicted octanol–water partition coefficient (Wildman–Crippen LogP) is 0.646. The van der Waals surface area contributed by atoms with E-state index in [0.29, 0.717) is 30.7 Å². The first-order chi connectivity index (χ1) is 6.76. The van der Waals surface area contributed by atoms with Gasteiger partial charge in [-0.05, 0) is 0 Å². The first-order valence-electron chi connectivity index (χ1n) is 4.51. The molecule has 0 radical (unpaired) electrons. The number of nitrogens with zero attached hydrogens (tertiary/aromatic N) is 2. The van der Waals surface area contributed by atoms with Crippen LogP contribution < -0.4 is 10.5 Å². The number of ether oxygens (including phenoxy) is 2. The monoisotopic (exact) mass is 197 g/mol. The van der Waals surface area contributed by atoms with E-state index in [1.54, 1.807) is 13.2 Å². The van der Waals surface area contributed by atoms with Crippen LogP contribution in [0.25, 0.3) is 0 Å². The number of methoxy groups -OCH3 is 1. The van der Waals surface area contributed by atoms with Crippen LogP contribution in [0.3, 0.4) is 0 Å². The summed E-state index contributed by atoms with van der Waals surface area (Å²) in [6.45, 7) is 2.97. The van der Waals surface area contributed by atoms with Crippen molar-refractivity contribution in [1.29, 1.82) is 0 Å². The Hall–Kier alpha value is -1.36. The van der Waals surface area contributed by atoms with Gasteiger partial charge in [-0.25, -0.2) is 4.98 Å². The van der Waals surface area contributed by atoms with Gasteiger partial charge in [-0.15, -0.1) is 0 Å². The summed E-state index contributed by atoms with van der Waals surface area (Å²) in [5.41, 5.74) is 5.58. The fourth-order valence-electron chi connectivity index (χ4n) is 0.954. The van der Waals surface area contributed by atoms with E-state index in [9.17, 15) is 0 Å². The first kappa shape index (κ1) is 10.7. The molecule has 0 saturated carbocycles. The number of anilines is 1. The van der Waals surface area contributed by atoms with Crippen molar-refractivity contribution in [3.63, 3.8) is 0 Å². The standard InChI is InChI=1S/C9H15N3O2/c1-3-8-11-7(10)6-9(12-8)14-5-4-13-2/h6H,3-5H2,1-2H3,(H2,10,11,12). The molecule has 0 unspecified atom stereocenters. The highest BCUT2D eigenvalue weighted by Crippen LogP contribution is 2.10. The van der Waals surface area contributed by atoms with Gasteiger partial charge in [0.2, 0.25) is 5.88 Å². The van der Waals surface area contributed by atoms with Gasteiger partial charge in [0.05, 0.1) is 6.61 Å². The number of aromatic nitrogens is 2. The minimum Gasteiger partial charge on any atom is -0.475 e. The Morgan fingerprint density at radius 2 is 2.14 bits per heavy atom. The Balaban J connectivity index is 2.62. The Kier molecular flexibility index (Phi) is 4.12. The largest absolute Gasteiger partial charge is 0.475 e.